The Kier molecular flexibility index (Phi) is 53.9. The molecule has 394 valence electrons. The first-order valence-electron chi connectivity index (χ1n) is 28.7. The summed E-state index contributed by atoms with van der Waals surface area (Å²) in [4.78, 5) is 38.1. The van der Waals surface area contributed by atoms with Crippen molar-refractivity contribution in [2.24, 2.45) is 0 Å². The van der Waals surface area contributed by atoms with Crippen molar-refractivity contribution in [3.05, 3.63) is 97.2 Å². The van der Waals surface area contributed by atoms with Crippen LogP contribution in [0.4, 0.5) is 0 Å². The average Bonchev–Trinajstić information content (AvgIpc) is 3.35. The lowest BCUT2D eigenvalue weighted by atomic mass is 10.1. The first kappa shape index (κ1) is 65.3. The van der Waals surface area contributed by atoms with Crippen LogP contribution in [0.25, 0.3) is 0 Å². The molecule has 0 amide bonds. The van der Waals surface area contributed by atoms with Crippen molar-refractivity contribution in [3.8, 4) is 0 Å². The number of hydrogen-bond donors (Lipinski definition) is 0. The molecule has 0 aromatic carbocycles. The summed E-state index contributed by atoms with van der Waals surface area (Å²) in [5.74, 6) is -0.960. The zero-order valence-corrected chi connectivity index (χ0v) is 45.0. The first-order valence-corrected chi connectivity index (χ1v) is 28.7. The van der Waals surface area contributed by atoms with Crippen molar-refractivity contribution in [2.75, 3.05) is 13.2 Å². The molecular formula is C63H106O6. The van der Waals surface area contributed by atoms with Crippen LogP contribution in [0.15, 0.2) is 97.2 Å². The highest BCUT2D eigenvalue weighted by molar-refractivity contribution is 5.71. The number of ether oxygens (including phenoxy) is 3. The molecule has 0 rings (SSSR count). The molecule has 0 aliphatic heterocycles. The van der Waals surface area contributed by atoms with Crippen LogP contribution in [-0.2, 0) is 28.6 Å². The summed E-state index contributed by atoms with van der Waals surface area (Å²) < 4.78 is 16.8. The van der Waals surface area contributed by atoms with Crippen LogP contribution in [-0.4, -0.2) is 37.2 Å². The molecular weight excluding hydrogens is 853 g/mol. The summed E-state index contributed by atoms with van der Waals surface area (Å²) in [5.41, 5.74) is 0. The molecule has 0 aromatic rings. The second-order valence-corrected chi connectivity index (χ2v) is 18.8. The third kappa shape index (κ3) is 55.1. The third-order valence-electron chi connectivity index (χ3n) is 12.1. The topological polar surface area (TPSA) is 78.9 Å². The number of hydrogen-bond acceptors (Lipinski definition) is 6. The van der Waals surface area contributed by atoms with Crippen molar-refractivity contribution in [1.82, 2.24) is 0 Å². The Bertz CT molecular complexity index is 1380. The molecule has 0 saturated carbocycles. The molecule has 0 fully saturated rings. The SMILES string of the molecule is CC/C=C\C/C=C\C/C=C\C/C=C\C/C=C\C/C=C\C/C=C\CCCC(=O)OCC(COC(=O)CCCCCCCCCCCCC)OC(=O)CCCCCCCCC/C=C\CCCCCCCC. The molecule has 0 N–H and O–H groups in total. The number of carbonyl (C=O) groups excluding carboxylic acids is 3. The third-order valence-corrected chi connectivity index (χ3v) is 12.1. The van der Waals surface area contributed by atoms with Crippen LogP contribution in [0.1, 0.15) is 265 Å². The Balaban J connectivity index is 4.44. The van der Waals surface area contributed by atoms with E-state index in [1.54, 1.807) is 0 Å². The van der Waals surface area contributed by atoms with Gasteiger partial charge in [-0.3, -0.25) is 14.4 Å². The van der Waals surface area contributed by atoms with Gasteiger partial charge in [-0.05, 0) is 96.3 Å². The van der Waals surface area contributed by atoms with Gasteiger partial charge in [-0.1, -0.05) is 246 Å². The van der Waals surface area contributed by atoms with Crippen molar-refractivity contribution in [1.29, 1.82) is 0 Å². The standard InChI is InChI=1S/C63H106O6/c1-4-7-10-13-16-19-22-24-26-28-29-30-31-32-33-35-36-38-41-44-47-50-53-56-62(65)68-59-60(58-67-61(64)55-52-49-46-43-40-21-18-15-12-9-6-3)69-63(66)57-54-51-48-45-42-39-37-34-27-25-23-20-17-14-11-8-5-2/h7,10,16,19,24-27,29-30,32-33,36,38,44,47,60H,4-6,8-9,11-15,17-18,20-23,28,31,34-35,37,39-43,45-46,48-59H2,1-3H3/b10-7-,19-16-,26-24-,27-25-,30-29-,33-32-,38-36-,47-44-. The maximum atomic E-state index is 12.8. The summed E-state index contributed by atoms with van der Waals surface area (Å²) >= 11 is 0. The number of rotatable bonds is 51. The highest BCUT2D eigenvalue weighted by Crippen LogP contribution is 2.15. The molecule has 1 atom stereocenters. The van der Waals surface area contributed by atoms with Crippen LogP contribution in [0.3, 0.4) is 0 Å². The molecule has 0 spiro atoms. The van der Waals surface area contributed by atoms with E-state index >= 15 is 0 Å². The number of carbonyl (C=O) groups is 3. The van der Waals surface area contributed by atoms with Crippen LogP contribution in [0, 0.1) is 0 Å². The number of allylic oxidation sites excluding steroid dienone is 16. The normalized spacial score (nSPS) is 12.8. The zero-order valence-electron chi connectivity index (χ0n) is 45.0. The van der Waals surface area contributed by atoms with E-state index in [-0.39, 0.29) is 37.5 Å². The zero-order chi connectivity index (χ0) is 50.0. The number of esters is 3. The van der Waals surface area contributed by atoms with Gasteiger partial charge in [0.1, 0.15) is 13.2 Å². The Morgan fingerprint density at radius 3 is 0.957 bits per heavy atom. The van der Waals surface area contributed by atoms with Gasteiger partial charge in [0.15, 0.2) is 6.10 Å². The lowest BCUT2D eigenvalue weighted by Crippen LogP contribution is -2.30. The molecule has 1 unspecified atom stereocenters. The molecule has 0 aliphatic carbocycles. The van der Waals surface area contributed by atoms with Crippen molar-refractivity contribution < 1.29 is 28.6 Å². The van der Waals surface area contributed by atoms with Gasteiger partial charge in [-0.15, -0.1) is 0 Å². The molecule has 0 aliphatic rings. The Morgan fingerprint density at radius 1 is 0.304 bits per heavy atom. The lowest BCUT2D eigenvalue weighted by molar-refractivity contribution is -0.167. The summed E-state index contributed by atoms with van der Waals surface area (Å²) in [5, 5.41) is 0. The van der Waals surface area contributed by atoms with E-state index < -0.39 is 6.10 Å². The number of unbranched alkanes of at least 4 members (excludes halogenated alkanes) is 24. The van der Waals surface area contributed by atoms with Crippen molar-refractivity contribution in [3.63, 3.8) is 0 Å². The monoisotopic (exact) mass is 959 g/mol. The predicted octanol–water partition coefficient (Wildman–Crippen LogP) is 19.3. The minimum absolute atomic E-state index is 0.0958. The molecule has 0 saturated heterocycles. The smallest absolute Gasteiger partial charge is 0.306 e. The van der Waals surface area contributed by atoms with Gasteiger partial charge in [-0.25, -0.2) is 0 Å². The largest absolute Gasteiger partial charge is 0.462 e. The maximum Gasteiger partial charge on any atom is 0.306 e. The fraction of sp³-hybridized carbons (Fsp3) is 0.698. The van der Waals surface area contributed by atoms with Gasteiger partial charge < -0.3 is 14.2 Å². The van der Waals surface area contributed by atoms with Gasteiger partial charge in [0, 0.05) is 19.3 Å². The minimum atomic E-state index is -0.802. The van der Waals surface area contributed by atoms with Gasteiger partial charge in [0.25, 0.3) is 0 Å². The van der Waals surface area contributed by atoms with Crippen molar-refractivity contribution >= 4 is 17.9 Å². The molecule has 6 heteroatoms. The van der Waals surface area contributed by atoms with E-state index in [1.165, 1.54) is 128 Å². The molecule has 0 radical (unpaired) electrons. The van der Waals surface area contributed by atoms with Crippen LogP contribution >= 0.6 is 0 Å². The second-order valence-electron chi connectivity index (χ2n) is 18.8. The minimum Gasteiger partial charge on any atom is -0.462 e. The van der Waals surface area contributed by atoms with E-state index in [4.69, 9.17) is 14.2 Å². The highest BCUT2D eigenvalue weighted by atomic mass is 16.6. The maximum absolute atomic E-state index is 12.8. The first-order chi connectivity index (χ1) is 34.0. The quantitative estimate of drug-likeness (QED) is 0.0262. The summed E-state index contributed by atoms with van der Waals surface area (Å²) in [6, 6.07) is 0. The van der Waals surface area contributed by atoms with Gasteiger partial charge in [0.05, 0.1) is 0 Å². The molecule has 6 nitrogen and oxygen atoms in total. The van der Waals surface area contributed by atoms with Crippen molar-refractivity contribution in [2.45, 2.75) is 271 Å². The van der Waals surface area contributed by atoms with E-state index in [2.05, 4.69) is 118 Å². The highest BCUT2D eigenvalue weighted by Gasteiger charge is 2.19. The Labute approximate surface area is 426 Å². The van der Waals surface area contributed by atoms with E-state index in [0.29, 0.717) is 19.3 Å². The fourth-order valence-corrected chi connectivity index (χ4v) is 7.78. The molecule has 0 aromatic heterocycles. The van der Waals surface area contributed by atoms with E-state index in [1.807, 2.05) is 0 Å². The van der Waals surface area contributed by atoms with Gasteiger partial charge >= 0.3 is 17.9 Å². The summed E-state index contributed by atoms with van der Waals surface area (Å²) in [6.45, 7) is 6.47. The fourth-order valence-electron chi connectivity index (χ4n) is 7.78. The predicted molar refractivity (Wildman–Crippen MR) is 297 cm³/mol. The average molecular weight is 960 g/mol. The molecule has 0 heterocycles. The Hall–Kier alpha value is -3.67. The van der Waals surface area contributed by atoms with E-state index in [0.717, 1.165) is 89.9 Å². The summed E-state index contributed by atoms with van der Waals surface area (Å²) in [7, 11) is 0. The lowest BCUT2D eigenvalue weighted by Gasteiger charge is -2.18. The van der Waals surface area contributed by atoms with Gasteiger partial charge in [-0.2, -0.15) is 0 Å². The van der Waals surface area contributed by atoms with Crippen LogP contribution in [0.5, 0.6) is 0 Å². The van der Waals surface area contributed by atoms with E-state index in [9.17, 15) is 14.4 Å². The van der Waals surface area contributed by atoms with Gasteiger partial charge in [0.2, 0.25) is 0 Å². The van der Waals surface area contributed by atoms with Crippen LogP contribution in [0.2, 0.25) is 0 Å². The Morgan fingerprint density at radius 2 is 0.580 bits per heavy atom. The van der Waals surface area contributed by atoms with Crippen LogP contribution < -0.4 is 0 Å². The summed E-state index contributed by atoms with van der Waals surface area (Å²) in [6.07, 6.45) is 75.5. The molecule has 69 heavy (non-hydrogen) atoms. The molecule has 0 bridgehead atoms. The second kappa shape index (κ2) is 56.9.